The summed E-state index contributed by atoms with van der Waals surface area (Å²) in [5, 5.41) is 8.38. The van der Waals surface area contributed by atoms with Crippen LogP contribution in [0.25, 0.3) is 22.3 Å². The minimum Gasteiger partial charge on any atom is -0.322 e. The number of fused-ring (bicyclic) bond motifs is 1. The van der Waals surface area contributed by atoms with Crippen LogP contribution in [0.5, 0.6) is 0 Å². The number of nitrogens with one attached hydrogen (secondary N) is 1. The molecule has 174 valence electrons. The molecular weight excluding hydrogens is 448 g/mol. The Morgan fingerprint density at radius 1 is 1.12 bits per heavy atom. The molecular formula is C26H26N4O3S. The van der Waals surface area contributed by atoms with E-state index in [2.05, 4.69) is 10.4 Å². The molecule has 8 heteroatoms. The number of aromatic nitrogens is 3. The van der Waals surface area contributed by atoms with Crippen LogP contribution < -0.4 is 5.32 Å². The van der Waals surface area contributed by atoms with Crippen LogP contribution in [-0.2, 0) is 16.3 Å². The Balaban J connectivity index is 1.68. The quantitative estimate of drug-likeness (QED) is 0.457. The van der Waals surface area contributed by atoms with Crippen molar-refractivity contribution in [2.45, 2.75) is 32.7 Å². The number of sulfone groups is 1. The van der Waals surface area contributed by atoms with Gasteiger partial charge < -0.3 is 5.32 Å². The van der Waals surface area contributed by atoms with Gasteiger partial charge >= 0.3 is 0 Å². The summed E-state index contributed by atoms with van der Waals surface area (Å²) in [6, 6.07) is 18.9. The van der Waals surface area contributed by atoms with Crippen LogP contribution in [0.4, 0.5) is 5.69 Å². The number of hydrogen-bond acceptors (Lipinski definition) is 5. The maximum Gasteiger partial charge on any atom is 0.256 e. The summed E-state index contributed by atoms with van der Waals surface area (Å²) in [4.78, 5) is 18.5. The van der Waals surface area contributed by atoms with Gasteiger partial charge in [0.05, 0.1) is 39.9 Å². The molecule has 4 aromatic rings. The van der Waals surface area contributed by atoms with Gasteiger partial charge in [-0.05, 0) is 37.5 Å². The lowest BCUT2D eigenvalue weighted by molar-refractivity contribution is 0.102. The molecule has 34 heavy (non-hydrogen) atoms. The van der Waals surface area contributed by atoms with E-state index in [0.29, 0.717) is 34.4 Å². The Hall–Kier alpha value is -3.52. The molecule has 2 aromatic carbocycles. The van der Waals surface area contributed by atoms with Gasteiger partial charge in [0.1, 0.15) is 0 Å². The van der Waals surface area contributed by atoms with E-state index < -0.39 is 9.84 Å². The number of para-hydroxylation sites is 1. The summed E-state index contributed by atoms with van der Waals surface area (Å²) in [5.41, 5.74) is 5.00. The lowest BCUT2D eigenvalue weighted by Gasteiger charge is -2.13. The van der Waals surface area contributed by atoms with Gasteiger partial charge in [0.15, 0.2) is 15.5 Å². The third-order valence-electron chi connectivity index (χ3n) is 6.35. The number of carbonyl (C=O) groups excluding carboxylic acids is 1. The SMILES string of the molecule is CCc1ccccc1NC(=O)c1cc(-c2ccccc2)nc2c1c(C)nn2C1CCS(=O)(=O)C1. The van der Waals surface area contributed by atoms with Crippen LogP contribution in [-0.4, -0.2) is 40.6 Å². The highest BCUT2D eigenvalue weighted by molar-refractivity contribution is 7.91. The van der Waals surface area contributed by atoms with Crippen LogP contribution in [0, 0.1) is 6.92 Å². The van der Waals surface area contributed by atoms with Crippen molar-refractivity contribution in [2.24, 2.45) is 0 Å². The standard InChI is InChI=1S/C26H26N4O3S/c1-3-18-9-7-8-12-22(18)28-26(31)21-15-23(19-10-5-4-6-11-19)27-25-24(21)17(2)29-30(25)20-13-14-34(32,33)16-20/h4-12,15,20H,3,13-14,16H2,1-2H3,(H,28,31). The van der Waals surface area contributed by atoms with Crippen molar-refractivity contribution < 1.29 is 13.2 Å². The largest absolute Gasteiger partial charge is 0.322 e. The normalized spacial score (nSPS) is 17.2. The average Bonchev–Trinajstić information content (AvgIpc) is 3.38. The molecule has 5 rings (SSSR count). The third-order valence-corrected chi connectivity index (χ3v) is 8.10. The molecule has 1 aliphatic rings. The summed E-state index contributed by atoms with van der Waals surface area (Å²) >= 11 is 0. The number of carbonyl (C=O) groups is 1. The van der Waals surface area contributed by atoms with Gasteiger partial charge in [-0.1, -0.05) is 55.5 Å². The summed E-state index contributed by atoms with van der Waals surface area (Å²) in [6.07, 6.45) is 1.28. The summed E-state index contributed by atoms with van der Waals surface area (Å²) in [6.45, 7) is 3.88. The van der Waals surface area contributed by atoms with E-state index in [1.807, 2.05) is 68.4 Å². The first-order valence-corrected chi connectivity index (χ1v) is 13.2. The van der Waals surface area contributed by atoms with Gasteiger partial charge in [-0.25, -0.2) is 18.1 Å². The van der Waals surface area contributed by atoms with E-state index in [-0.39, 0.29) is 23.5 Å². The molecule has 0 bridgehead atoms. The fourth-order valence-corrected chi connectivity index (χ4v) is 6.30. The maximum atomic E-state index is 13.6. The predicted molar refractivity (Wildman–Crippen MR) is 134 cm³/mol. The third kappa shape index (κ3) is 4.09. The first-order chi connectivity index (χ1) is 16.4. The van der Waals surface area contributed by atoms with Crippen LogP contribution in [0.2, 0.25) is 0 Å². The molecule has 0 aliphatic carbocycles. The van der Waals surface area contributed by atoms with Crippen LogP contribution >= 0.6 is 0 Å². The zero-order valence-electron chi connectivity index (χ0n) is 19.2. The molecule has 1 atom stereocenters. The maximum absolute atomic E-state index is 13.6. The van der Waals surface area contributed by atoms with E-state index in [9.17, 15) is 13.2 Å². The lowest BCUT2D eigenvalue weighted by Crippen LogP contribution is -2.15. The van der Waals surface area contributed by atoms with Gasteiger partial charge in [0.2, 0.25) is 0 Å². The van der Waals surface area contributed by atoms with Gasteiger partial charge in [-0.2, -0.15) is 5.10 Å². The van der Waals surface area contributed by atoms with Crippen molar-refractivity contribution in [3.05, 3.63) is 77.5 Å². The van der Waals surface area contributed by atoms with Gasteiger partial charge in [-0.15, -0.1) is 0 Å². The molecule has 1 fully saturated rings. The molecule has 2 aromatic heterocycles. The molecule has 0 spiro atoms. The second kappa shape index (κ2) is 8.68. The van der Waals surface area contributed by atoms with Gasteiger partial charge in [0.25, 0.3) is 5.91 Å². The average molecular weight is 475 g/mol. The van der Waals surface area contributed by atoms with Gasteiger partial charge in [-0.3, -0.25) is 4.79 Å². The molecule has 1 aliphatic heterocycles. The second-order valence-corrected chi connectivity index (χ2v) is 10.9. The Bertz CT molecular complexity index is 1490. The van der Waals surface area contributed by atoms with Crippen molar-refractivity contribution in [2.75, 3.05) is 16.8 Å². The summed E-state index contributed by atoms with van der Waals surface area (Å²) in [5.74, 6) is -0.0733. The number of rotatable bonds is 5. The smallest absolute Gasteiger partial charge is 0.256 e. The van der Waals surface area contributed by atoms with Crippen LogP contribution in [0.1, 0.15) is 41.0 Å². The monoisotopic (exact) mass is 474 g/mol. The number of aryl methyl sites for hydroxylation is 2. The highest BCUT2D eigenvalue weighted by Gasteiger charge is 2.32. The van der Waals surface area contributed by atoms with Crippen molar-refractivity contribution in [3.63, 3.8) is 0 Å². The Morgan fingerprint density at radius 2 is 1.85 bits per heavy atom. The number of pyridine rings is 1. The Morgan fingerprint density at radius 3 is 2.56 bits per heavy atom. The van der Waals surface area contributed by atoms with E-state index in [1.165, 1.54) is 0 Å². The van der Waals surface area contributed by atoms with Crippen LogP contribution in [0.15, 0.2) is 60.7 Å². The zero-order chi connectivity index (χ0) is 23.9. The molecule has 1 unspecified atom stereocenters. The fraction of sp³-hybridized carbons (Fsp3) is 0.269. The minimum absolute atomic E-state index is 0.0336. The topological polar surface area (TPSA) is 93.9 Å². The second-order valence-electron chi connectivity index (χ2n) is 8.67. The van der Waals surface area contributed by atoms with Crippen molar-refractivity contribution in [3.8, 4) is 11.3 Å². The lowest BCUT2D eigenvalue weighted by atomic mass is 10.0. The number of amides is 1. The summed E-state index contributed by atoms with van der Waals surface area (Å²) < 4.78 is 26.0. The van der Waals surface area contributed by atoms with Crippen molar-refractivity contribution >= 4 is 32.5 Å². The molecule has 1 amide bonds. The minimum atomic E-state index is -3.11. The summed E-state index contributed by atoms with van der Waals surface area (Å²) in [7, 11) is -3.11. The van der Waals surface area contributed by atoms with Gasteiger partial charge in [0, 0.05) is 11.3 Å². The zero-order valence-corrected chi connectivity index (χ0v) is 20.0. The Kier molecular flexibility index (Phi) is 5.69. The first kappa shape index (κ1) is 22.3. The number of anilines is 1. The fourth-order valence-electron chi connectivity index (χ4n) is 4.61. The molecule has 3 heterocycles. The van der Waals surface area contributed by atoms with E-state index in [0.717, 1.165) is 23.2 Å². The molecule has 1 saturated heterocycles. The number of nitrogens with zero attached hydrogens (tertiary/aromatic N) is 3. The van der Waals surface area contributed by atoms with E-state index in [4.69, 9.17) is 4.98 Å². The number of hydrogen-bond donors (Lipinski definition) is 1. The van der Waals surface area contributed by atoms with E-state index in [1.54, 1.807) is 10.7 Å². The molecule has 7 nitrogen and oxygen atoms in total. The van der Waals surface area contributed by atoms with Crippen LogP contribution in [0.3, 0.4) is 0 Å². The highest BCUT2D eigenvalue weighted by Crippen LogP contribution is 2.32. The first-order valence-electron chi connectivity index (χ1n) is 11.4. The molecule has 1 N–H and O–H groups in total. The number of benzene rings is 2. The van der Waals surface area contributed by atoms with Crippen molar-refractivity contribution in [1.82, 2.24) is 14.8 Å². The van der Waals surface area contributed by atoms with E-state index >= 15 is 0 Å². The Labute approximate surface area is 198 Å². The molecule has 0 radical (unpaired) electrons. The van der Waals surface area contributed by atoms with Crippen molar-refractivity contribution in [1.29, 1.82) is 0 Å². The highest BCUT2D eigenvalue weighted by atomic mass is 32.2. The molecule has 0 saturated carbocycles. The predicted octanol–water partition coefficient (Wildman–Crippen LogP) is 4.58.